The van der Waals surface area contributed by atoms with Crippen LogP contribution in [0.1, 0.15) is 31.0 Å². The first-order valence-electron chi connectivity index (χ1n) is 10.9. The van der Waals surface area contributed by atoms with Gasteiger partial charge in [0, 0.05) is 15.7 Å². The molecule has 0 radical (unpaired) electrons. The summed E-state index contributed by atoms with van der Waals surface area (Å²) >= 11 is 5.32. The summed E-state index contributed by atoms with van der Waals surface area (Å²) < 4.78 is 17.5. The van der Waals surface area contributed by atoms with Crippen LogP contribution in [-0.2, 0) is 14.3 Å². The number of halogens is 2. The number of esters is 1. The van der Waals surface area contributed by atoms with E-state index in [-0.39, 0.29) is 36.0 Å². The zero-order valence-electron chi connectivity index (χ0n) is 20.1. The maximum atomic E-state index is 12.5. The van der Waals surface area contributed by atoms with E-state index in [0.717, 1.165) is 4.47 Å². The number of hydrazone groups is 1. The molecule has 196 valence electrons. The standard InChI is InChI=1S/C24H24BrIN4O7/c1-4-36-23(33)20-12(2)28-24(34)29-21(20)13-5-6-17(18(8-13)35-3)37-11-19(31)30-27-10-14-7-15(25)9-16(26)22(14)32/h5-10,21,32H,4,11H2,1-3H3,(H,30,31)(H2,28,29,34)/b27-10+/t21-/m0/s1. The van der Waals surface area contributed by atoms with Gasteiger partial charge in [-0.3, -0.25) is 4.79 Å². The molecular formula is C24H24BrIN4O7. The number of benzene rings is 2. The van der Waals surface area contributed by atoms with Crippen LogP contribution in [0, 0.1) is 3.57 Å². The minimum absolute atomic E-state index is 0.0453. The molecule has 3 rings (SSSR count). The number of nitrogens with one attached hydrogen (secondary N) is 3. The van der Waals surface area contributed by atoms with E-state index in [0.29, 0.717) is 20.4 Å². The van der Waals surface area contributed by atoms with Crippen molar-refractivity contribution in [3.05, 3.63) is 60.8 Å². The van der Waals surface area contributed by atoms with Crippen molar-refractivity contribution in [3.8, 4) is 17.2 Å². The van der Waals surface area contributed by atoms with Crippen molar-refractivity contribution in [2.45, 2.75) is 19.9 Å². The molecule has 3 amide bonds. The average Bonchev–Trinajstić information content (AvgIpc) is 2.85. The molecule has 0 fully saturated rings. The molecule has 37 heavy (non-hydrogen) atoms. The molecule has 0 saturated heterocycles. The summed E-state index contributed by atoms with van der Waals surface area (Å²) in [5.74, 6) is -0.497. The van der Waals surface area contributed by atoms with Crippen molar-refractivity contribution in [2.75, 3.05) is 20.3 Å². The number of rotatable bonds is 9. The number of nitrogens with zero attached hydrogens (tertiary/aromatic N) is 1. The van der Waals surface area contributed by atoms with E-state index in [9.17, 15) is 19.5 Å². The largest absolute Gasteiger partial charge is 0.506 e. The third-order valence-corrected chi connectivity index (χ3v) is 6.37. The molecule has 0 aromatic heterocycles. The number of hydrogen-bond donors (Lipinski definition) is 4. The summed E-state index contributed by atoms with van der Waals surface area (Å²) in [5, 5.41) is 19.2. The van der Waals surface area contributed by atoms with E-state index in [1.54, 1.807) is 44.2 Å². The Balaban J connectivity index is 1.70. The Morgan fingerprint density at radius 2 is 2.03 bits per heavy atom. The normalized spacial score (nSPS) is 15.2. The van der Waals surface area contributed by atoms with Gasteiger partial charge in [-0.2, -0.15) is 5.10 Å². The summed E-state index contributed by atoms with van der Waals surface area (Å²) in [6, 6.07) is 6.99. The lowest BCUT2D eigenvalue weighted by Crippen LogP contribution is -2.45. The lowest BCUT2D eigenvalue weighted by Gasteiger charge is -2.28. The molecule has 4 N–H and O–H groups in total. The molecule has 0 unspecified atom stereocenters. The van der Waals surface area contributed by atoms with E-state index < -0.39 is 23.9 Å². The van der Waals surface area contributed by atoms with Crippen LogP contribution in [0.4, 0.5) is 4.79 Å². The number of urea groups is 1. The van der Waals surface area contributed by atoms with Gasteiger partial charge in [0.25, 0.3) is 5.91 Å². The maximum Gasteiger partial charge on any atom is 0.338 e. The second kappa shape index (κ2) is 12.8. The van der Waals surface area contributed by atoms with Gasteiger partial charge < -0.3 is 30.0 Å². The predicted molar refractivity (Wildman–Crippen MR) is 146 cm³/mol. The van der Waals surface area contributed by atoms with Crippen LogP contribution in [0.15, 0.2) is 51.2 Å². The van der Waals surface area contributed by atoms with Gasteiger partial charge >= 0.3 is 12.0 Å². The Morgan fingerprint density at radius 3 is 2.73 bits per heavy atom. The van der Waals surface area contributed by atoms with Crippen molar-refractivity contribution >= 4 is 62.6 Å². The first-order chi connectivity index (χ1) is 17.6. The SMILES string of the molecule is CCOC(=O)C1=C(C)NC(=O)N[C@H]1c1ccc(OCC(=O)N/N=C/c2cc(Br)cc(I)c2O)c(OC)c1. The zero-order chi connectivity index (χ0) is 27.1. The molecule has 1 atom stereocenters. The van der Waals surface area contributed by atoms with E-state index in [1.165, 1.54) is 13.3 Å². The molecule has 0 bridgehead atoms. The highest BCUT2D eigenvalue weighted by atomic mass is 127. The summed E-state index contributed by atoms with van der Waals surface area (Å²) in [7, 11) is 1.43. The molecule has 1 heterocycles. The lowest BCUT2D eigenvalue weighted by molar-refractivity contribution is -0.139. The summed E-state index contributed by atoms with van der Waals surface area (Å²) in [6.07, 6.45) is 1.32. The molecule has 13 heteroatoms. The number of hydrogen-bond acceptors (Lipinski definition) is 8. The van der Waals surface area contributed by atoms with Crippen LogP contribution in [0.3, 0.4) is 0 Å². The summed E-state index contributed by atoms with van der Waals surface area (Å²) in [6.45, 7) is 3.13. The lowest BCUT2D eigenvalue weighted by atomic mass is 9.95. The van der Waals surface area contributed by atoms with E-state index in [1.807, 2.05) is 22.6 Å². The second-order valence-electron chi connectivity index (χ2n) is 7.61. The molecular weight excluding hydrogens is 663 g/mol. The summed E-state index contributed by atoms with van der Waals surface area (Å²) in [5.41, 5.74) is 3.96. The van der Waals surface area contributed by atoms with Crippen LogP contribution < -0.4 is 25.5 Å². The number of phenols is 1. The van der Waals surface area contributed by atoms with E-state index in [2.05, 4.69) is 37.1 Å². The number of carbonyl (C=O) groups excluding carboxylic acids is 3. The number of methoxy groups -OCH3 is 1. The van der Waals surface area contributed by atoms with Crippen molar-refractivity contribution in [1.29, 1.82) is 0 Å². The molecule has 0 aliphatic carbocycles. The molecule has 1 aliphatic rings. The van der Waals surface area contributed by atoms with Crippen LogP contribution >= 0.6 is 38.5 Å². The van der Waals surface area contributed by atoms with E-state index in [4.69, 9.17) is 14.2 Å². The van der Waals surface area contributed by atoms with Gasteiger partial charge in [0.1, 0.15) is 5.75 Å². The fraction of sp³-hybridized carbons (Fsp3) is 0.250. The van der Waals surface area contributed by atoms with E-state index >= 15 is 0 Å². The van der Waals surface area contributed by atoms with Gasteiger partial charge in [-0.1, -0.05) is 22.0 Å². The predicted octanol–water partition coefficient (Wildman–Crippen LogP) is 3.49. The third-order valence-electron chi connectivity index (χ3n) is 5.09. The van der Waals surface area contributed by atoms with Crippen molar-refractivity contribution in [3.63, 3.8) is 0 Å². The highest BCUT2D eigenvalue weighted by Gasteiger charge is 2.32. The first-order valence-corrected chi connectivity index (χ1v) is 12.8. The molecule has 2 aromatic rings. The molecule has 1 aliphatic heterocycles. The first kappa shape index (κ1) is 28.2. The smallest absolute Gasteiger partial charge is 0.338 e. The molecule has 2 aromatic carbocycles. The monoisotopic (exact) mass is 686 g/mol. The van der Waals surface area contributed by atoms with Crippen LogP contribution in [0.5, 0.6) is 17.2 Å². The summed E-state index contributed by atoms with van der Waals surface area (Å²) in [4.78, 5) is 36.8. The van der Waals surface area contributed by atoms with Gasteiger partial charge in [0.15, 0.2) is 18.1 Å². The zero-order valence-corrected chi connectivity index (χ0v) is 23.8. The van der Waals surface area contributed by atoms with Crippen molar-refractivity contribution < 1.29 is 33.7 Å². The molecule has 0 spiro atoms. The Labute approximate surface area is 234 Å². The minimum atomic E-state index is -0.772. The number of carbonyl (C=O) groups is 3. The number of ether oxygens (including phenoxy) is 3. The fourth-order valence-electron chi connectivity index (χ4n) is 3.44. The van der Waals surface area contributed by atoms with Crippen molar-refractivity contribution in [2.24, 2.45) is 5.10 Å². The van der Waals surface area contributed by atoms with Gasteiger partial charge in [-0.05, 0) is 66.3 Å². The molecule has 11 nitrogen and oxygen atoms in total. The maximum absolute atomic E-state index is 12.5. The minimum Gasteiger partial charge on any atom is -0.506 e. The van der Waals surface area contributed by atoms with Crippen LogP contribution in [0.25, 0.3) is 0 Å². The van der Waals surface area contributed by atoms with Crippen LogP contribution in [0.2, 0.25) is 0 Å². The van der Waals surface area contributed by atoms with Gasteiger partial charge in [-0.15, -0.1) is 0 Å². The Kier molecular flexibility index (Phi) is 9.74. The van der Waals surface area contributed by atoms with Gasteiger partial charge in [0.05, 0.1) is 35.1 Å². The topological polar surface area (TPSA) is 148 Å². The number of phenolic OH excluding ortho intramolecular Hbond substituents is 1. The second-order valence-corrected chi connectivity index (χ2v) is 9.69. The number of aromatic hydroxyl groups is 1. The number of allylic oxidation sites excluding steroid dienone is 1. The average molecular weight is 687 g/mol. The highest BCUT2D eigenvalue weighted by molar-refractivity contribution is 14.1. The van der Waals surface area contributed by atoms with Gasteiger partial charge in [-0.25, -0.2) is 15.0 Å². The highest BCUT2D eigenvalue weighted by Crippen LogP contribution is 2.34. The van der Waals surface area contributed by atoms with Crippen molar-refractivity contribution in [1.82, 2.24) is 16.1 Å². The third kappa shape index (κ3) is 7.13. The Hall–Kier alpha value is -3.33. The quantitative estimate of drug-likeness (QED) is 0.137. The fourth-order valence-corrected chi connectivity index (χ4v) is 4.99. The number of amides is 3. The van der Waals surface area contributed by atoms with Gasteiger partial charge in [0.2, 0.25) is 0 Å². The molecule has 0 saturated carbocycles. The Bertz CT molecular complexity index is 1280. The van der Waals surface area contributed by atoms with Crippen LogP contribution in [-0.4, -0.2) is 49.6 Å². The Morgan fingerprint density at radius 1 is 1.27 bits per heavy atom.